The van der Waals surface area contributed by atoms with E-state index in [1.54, 1.807) is 0 Å². The van der Waals surface area contributed by atoms with Crippen molar-refractivity contribution in [2.45, 2.75) is 6.92 Å². The summed E-state index contributed by atoms with van der Waals surface area (Å²) in [5, 5.41) is 0. The maximum Gasteiger partial charge on any atom is 0.308 e. The molecule has 0 saturated carbocycles. The first-order valence-electron chi connectivity index (χ1n) is 7.76. The Balaban J connectivity index is 1.60. The van der Waals surface area contributed by atoms with Gasteiger partial charge in [0, 0.05) is 50.2 Å². The van der Waals surface area contributed by atoms with E-state index in [1.165, 1.54) is 12.6 Å². The molecule has 1 heterocycles. The SMILES string of the molecule is CC(=O)Oc1ccc(N2CCN(c3ccc(N)cc3)CC2)cc1. The van der Waals surface area contributed by atoms with E-state index in [9.17, 15) is 4.79 Å². The van der Waals surface area contributed by atoms with Crippen molar-refractivity contribution in [3.63, 3.8) is 0 Å². The van der Waals surface area contributed by atoms with E-state index in [1.807, 2.05) is 36.4 Å². The standard InChI is InChI=1S/C18H21N3O2/c1-14(22)23-18-8-6-17(7-9-18)21-12-10-20(11-13-21)16-4-2-15(19)3-5-16/h2-9H,10-13,19H2,1H3. The molecule has 2 aromatic rings. The zero-order valence-corrected chi connectivity index (χ0v) is 13.2. The van der Waals surface area contributed by atoms with E-state index in [-0.39, 0.29) is 5.97 Å². The number of nitrogens with two attached hydrogens (primary N) is 1. The largest absolute Gasteiger partial charge is 0.427 e. The first-order chi connectivity index (χ1) is 11.1. The van der Waals surface area contributed by atoms with Gasteiger partial charge in [-0.2, -0.15) is 0 Å². The Kier molecular flexibility index (Phi) is 4.37. The summed E-state index contributed by atoms with van der Waals surface area (Å²) in [4.78, 5) is 15.6. The predicted molar refractivity (Wildman–Crippen MR) is 93.0 cm³/mol. The third kappa shape index (κ3) is 3.74. The minimum absolute atomic E-state index is 0.296. The normalized spacial score (nSPS) is 14.7. The van der Waals surface area contributed by atoms with E-state index in [0.717, 1.165) is 37.6 Å². The van der Waals surface area contributed by atoms with E-state index in [2.05, 4.69) is 21.9 Å². The van der Waals surface area contributed by atoms with Gasteiger partial charge in [-0.1, -0.05) is 0 Å². The van der Waals surface area contributed by atoms with Crippen molar-refractivity contribution in [3.8, 4) is 5.75 Å². The van der Waals surface area contributed by atoms with Crippen LogP contribution in [0.5, 0.6) is 5.75 Å². The second-order valence-corrected chi connectivity index (χ2v) is 5.65. The average Bonchev–Trinajstić information content (AvgIpc) is 2.56. The van der Waals surface area contributed by atoms with Gasteiger partial charge < -0.3 is 20.3 Å². The van der Waals surface area contributed by atoms with Gasteiger partial charge in [0.05, 0.1) is 0 Å². The van der Waals surface area contributed by atoms with E-state index in [4.69, 9.17) is 10.5 Å². The highest BCUT2D eigenvalue weighted by molar-refractivity contribution is 5.69. The van der Waals surface area contributed by atoms with Crippen molar-refractivity contribution >= 4 is 23.0 Å². The number of nitrogen functional groups attached to an aromatic ring is 1. The van der Waals surface area contributed by atoms with Gasteiger partial charge in [-0.05, 0) is 48.5 Å². The Hall–Kier alpha value is -2.69. The molecule has 0 unspecified atom stereocenters. The van der Waals surface area contributed by atoms with Crippen molar-refractivity contribution in [2.24, 2.45) is 0 Å². The van der Waals surface area contributed by atoms with Crippen LogP contribution in [-0.4, -0.2) is 32.1 Å². The zero-order valence-electron chi connectivity index (χ0n) is 13.2. The molecule has 0 atom stereocenters. The molecule has 0 aromatic heterocycles. The van der Waals surface area contributed by atoms with Gasteiger partial charge >= 0.3 is 5.97 Å². The van der Waals surface area contributed by atoms with E-state index < -0.39 is 0 Å². The third-order valence-corrected chi connectivity index (χ3v) is 4.00. The summed E-state index contributed by atoms with van der Waals surface area (Å²) in [5.74, 6) is 0.289. The van der Waals surface area contributed by atoms with Gasteiger partial charge in [-0.3, -0.25) is 4.79 Å². The third-order valence-electron chi connectivity index (χ3n) is 4.00. The van der Waals surface area contributed by atoms with Crippen LogP contribution in [0.15, 0.2) is 48.5 Å². The number of ether oxygens (including phenoxy) is 1. The molecule has 23 heavy (non-hydrogen) atoms. The van der Waals surface area contributed by atoms with Crippen LogP contribution in [0.3, 0.4) is 0 Å². The fourth-order valence-electron chi connectivity index (χ4n) is 2.80. The first-order valence-corrected chi connectivity index (χ1v) is 7.76. The smallest absolute Gasteiger partial charge is 0.308 e. The molecule has 2 aromatic carbocycles. The van der Waals surface area contributed by atoms with Crippen molar-refractivity contribution in [3.05, 3.63) is 48.5 Å². The monoisotopic (exact) mass is 311 g/mol. The van der Waals surface area contributed by atoms with Crippen LogP contribution < -0.4 is 20.3 Å². The molecule has 120 valence electrons. The van der Waals surface area contributed by atoms with E-state index in [0.29, 0.717) is 5.75 Å². The minimum Gasteiger partial charge on any atom is -0.427 e. The summed E-state index contributed by atoms with van der Waals surface area (Å²) < 4.78 is 5.07. The Labute approximate surface area is 136 Å². The van der Waals surface area contributed by atoms with E-state index >= 15 is 0 Å². The second-order valence-electron chi connectivity index (χ2n) is 5.65. The van der Waals surface area contributed by atoms with Crippen LogP contribution in [0.25, 0.3) is 0 Å². The summed E-state index contributed by atoms with van der Waals surface area (Å²) >= 11 is 0. The van der Waals surface area contributed by atoms with Gasteiger partial charge in [-0.25, -0.2) is 0 Å². The molecule has 2 N–H and O–H groups in total. The van der Waals surface area contributed by atoms with Crippen molar-refractivity contribution in [1.29, 1.82) is 0 Å². The average molecular weight is 311 g/mol. The lowest BCUT2D eigenvalue weighted by molar-refractivity contribution is -0.131. The number of anilines is 3. The second kappa shape index (κ2) is 6.60. The van der Waals surface area contributed by atoms with Crippen LogP contribution in [-0.2, 0) is 4.79 Å². The van der Waals surface area contributed by atoms with Gasteiger partial charge in [0.2, 0.25) is 0 Å². The molecule has 1 aliphatic heterocycles. The van der Waals surface area contributed by atoms with Crippen LogP contribution in [0.1, 0.15) is 6.92 Å². The van der Waals surface area contributed by atoms with Crippen LogP contribution in [0, 0.1) is 0 Å². The number of rotatable bonds is 3. The predicted octanol–water partition coefficient (Wildman–Crippen LogP) is 2.52. The zero-order chi connectivity index (χ0) is 16.2. The fourth-order valence-corrected chi connectivity index (χ4v) is 2.80. The van der Waals surface area contributed by atoms with Crippen LogP contribution >= 0.6 is 0 Å². The maximum atomic E-state index is 10.9. The molecule has 1 aliphatic rings. The molecule has 1 saturated heterocycles. The lowest BCUT2D eigenvalue weighted by atomic mass is 10.2. The summed E-state index contributed by atoms with van der Waals surface area (Å²) in [6, 6.07) is 15.7. The Bertz CT molecular complexity index is 660. The number of esters is 1. The van der Waals surface area contributed by atoms with Gasteiger partial charge in [0.15, 0.2) is 0 Å². The molecule has 5 nitrogen and oxygen atoms in total. The van der Waals surface area contributed by atoms with Crippen molar-refractivity contribution < 1.29 is 9.53 Å². The summed E-state index contributed by atoms with van der Waals surface area (Å²) in [6.07, 6.45) is 0. The maximum absolute atomic E-state index is 10.9. The molecule has 1 fully saturated rings. The van der Waals surface area contributed by atoms with Gasteiger partial charge in [0.25, 0.3) is 0 Å². The number of hydrogen-bond donors (Lipinski definition) is 1. The molecular weight excluding hydrogens is 290 g/mol. The number of nitrogens with zero attached hydrogens (tertiary/aromatic N) is 2. The first kappa shape index (κ1) is 15.2. The Morgan fingerprint density at radius 3 is 1.74 bits per heavy atom. The Morgan fingerprint density at radius 1 is 0.870 bits per heavy atom. The molecular formula is C18H21N3O2. The van der Waals surface area contributed by atoms with Gasteiger partial charge in [0.1, 0.15) is 5.75 Å². The fraction of sp³-hybridized carbons (Fsp3) is 0.278. The lowest BCUT2D eigenvalue weighted by Crippen LogP contribution is -2.46. The molecule has 5 heteroatoms. The Morgan fingerprint density at radius 2 is 1.30 bits per heavy atom. The summed E-state index contributed by atoms with van der Waals surface area (Å²) in [7, 11) is 0. The summed E-state index contributed by atoms with van der Waals surface area (Å²) in [5.41, 5.74) is 8.89. The highest BCUT2D eigenvalue weighted by Gasteiger charge is 2.17. The molecule has 3 rings (SSSR count). The quantitative estimate of drug-likeness (QED) is 0.536. The summed E-state index contributed by atoms with van der Waals surface area (Å²) in [6.45, 7) is 5.25. The minimum atomic E-state index is -0.296. The number of hydrogen-bond acceptors (Lipinski definition) is 5. The number of carbonyl (C=O) groups is 1. The molecule has 0 spiro atoms. The molecule has 0 radical (unpaired) electrons. The lowest BCUT2D eigenvalue weighted by Gasteiger charge is -2.37. The number of benzene rings is 2. The number of carbonyl (C=O) groups excluding carboxylic acids is 1. The number of piperazine rings is 1. The van der Waals surface area contributed by atoms with Gasteiger partial charge in [-0.15, -0.1) is 0 Å². The van der Waals surface area contributed by atoms with Crippen molar-refractivity contribution in [1.82, 2.24) is 0 Å². The van der Waals surface area contributed by atoms with Crippen LogP contribution in [0.4, 0.5) is 17.1 Å². The van der Waals surface area contributed by atoms with Crippen LogP contribution in [0.2, 0.25) is 0 Å². The highest BCUT2D eigenvalue weighted by Crippen LogP contribution is 2.23. The highest BCUT2D eigenvalue weighted by atomic mass is 16.5. The van der Waals surface area contributed by atoms with Crippen molar-refractivity contribution in [2.75, 3.05) is 41.7 Å². The molecule has 0 bridgehead atoms. The topological polar surface area (TPSA) is 58.8 Å². The molecule has 0 amide bonds. The molecule has 0 aliphatic carbocycles.